The van der Waals surface area contributed by atoms with Crippen LogP contribution in [0.4, 0.5) is 4.39 Å². The van der Waals surface area contributed by atoms with Crippen molar-refractivity contribution in [3.8, 4) is 0 Å². The second kappa shape index (κ2) is 7.25. The van der Waals surface area contributed by atoms with Crippen LogP contribution < -0.4 is 5.56 Å². The van der Waals surface area contributed by atoms with Crippen LogP contribution in [0, 0.1) is 12.7 Å². The van der Waals surface area contributed by atoms with Crippen molar-refractivity contribution in [3.05, 3.63) is 99.9 Å². The maximum Gasteiger partial charge on any atom is 0.275 e. The van der Waals surface area contributed by atoms with E-state index in [4.69, 9.17) is 0 Å². The van der Waals surface area contributed by atoms with E-state index in [0.717, 1.165) is 20.7 Å². The average molecular weight is 424 g/mol. The Morgan fingerprint density at radius 1 is 0.967 bits per heavy atom. The molecule has 4 rings (SSSR count). The smallest absolute Gasteiger partial charge is 0.275 e. The molecule has 1 unspecified atom stereocenters. The molecule has 4 aromatic rings. The van der Waals surface area contributed by atoms with Crippen molar-refractivity contribution in [2.75, 3.05) is 0 Å². The highest BCUT2D eigenvalue weighted by molar-refractivity contribution is 7.90. The highest BCUT2D eigenvalue weighted by Crippen LogP contribution is 2.31. The average Bonchev–Trinajstić information content (AvgIpc) is 3.17. The summed E-state index contributed by atoms with van der Waals surface area (Å²) in [4.78, 5) is 13.0. The highest BCUT2D eigenvalue weighted by atomic mass is 32.2. The first-order valence-electron chi connectivity index (χ1n) is 9.48. The summed E-state index contributed by atoms with van der Waals surface area (Å²) >= 11 is 0. The van der Waals surface area contributed by atoms with Crippen LogP contribution in [-0.2, 0) is 17.1 Å². The fourth-order valence-electron chi connectivity index (χ4n) is 3.66. The lowest BCUT2D eigenvalue weighted by Crippen LogP contribution is -2.23. The molecule has 2 aromatic carbocycles. The molecule has 1 atom stereocenters. The Balaban J connectivity index is 1.94. The molecule has 30 heavy (non-hydrogen) atoms. The number of benzene rings is 2. The van der Waals surface area contributed by atoms with Crippen molar-refractivity contribution in [1.29, 1.82) is 0 Å². The summed E-state index contributed by atoms with van der Waals surface area (Å²) in [6, 6.07) is 14.3. The topological polar surface area (TPSA) is 61.1 Å². The van der Waals surface area contributed by atoms with Crippen LogP contribution in [-0.4, -0.2) is 17.0 Å². The van der Waals surface area contributed by atoms with Crippen LogP contribution in [0.2, 0.25) is 0 Å². The SMILES string of the molecule is Cc1ccc(S(=O)(=O)n2ccc3c(C(C)c4ccc(F)cc4)cn(C)c(=O)c32)cc1. The van der Waals surface area contributed by atoms with E-state index in [1.807, 2.05) is 13.8 Å². The minimum absolute atomic E-state index is 0.101. The predicted molar refractivity (Wildman–Crippen MR) is 115 cm³/mol. The van der Waals surface area contributed by atoms with Crippen molar-refractivity contribution in [1.82, 2.24) is 8.54 Å². The third-order valence-electron chi connectivity index (χ3n) is 5.43. The number of aryl methyl sites for hydroxylation is 2. The Morgan fingerprint density at radius 2 is 1.60 bits per heavy atom. The van der Waals surface area contributed by atoms with E-state index in [2.05, 4.69) is 0 Å². The van der Waals surface area contributed by atoms with E-state index in [0.29, 0.717) is 5.39 Å². The molecule has 5 nitrogen and oxygen atoms in total. The van der Waals surface area contributed by atoms with Gasteiger partial charge in [-0.3, -0.25) is 4.79 Å². The first kappa shape index (κ1) is 20.1. The lowest BCUT2D eigenvalue weighted by Gasteiger charge is -2.16. The predicted octanol–water partition coefficient (Wildman–Crippen LogP) is 4.18. The van der Waals surface area contributed by atoms with Crippen molar-refractivity contribution >= 4 is 20.9 Å². The van der Waals surface area contributed by atoms with E-state index in [9.17, 15) is 17.6 Å². The van der Waals surface area contributed by atoms with Gasteiger partial charge in [0.1, 0.15) is 11.3 Å². The first-order valence-corrected chi connectivity index (χ1v) is 10.9. The first-order chi connectivity index (χ1) is 14.2. The van der Waals surface area contributed by atoms with E-state index in [1.54, 1.807) is 43.6 Å². The maximum atomic E-state index is 13.3. The Bertz CT molecular complexity index is 1400. The van der Waals surface area contributed by atoms with Crippen LogP contribution in [0.15, 0.2) is 76.7 Å². The highest BCUT2D eigenvalue weighted by Gasteiger charge is 2.24. The molecule has 2 heterocycles. The number of halogens is 1. The van der Waals surface area contributed by atoms with Gasteiger partial charge in [-0.25, -0.2) is 16.8 Å². The minimum atomic E-state index is -3.94. The molecular formula is C23H21FN2O3S. The summed E-state index contributed by atoms with van der Waals surface area (Å²) in [5.74, 6) is -0.496. The lowest BCUT2D eigenvalue weighted by molar-refractivity contribution is 0.589. The summed E-state index contributed by atoms with van der Waals surface area (Å²) in [5.41, 5.74) is 2.30. The van der Waals surface area contributed by atoms with Gasteiger partial charge in [0.05, 0.1) is 4.90 Å². The minimum Gasteiger partial charge on any atom is -0.316 e. The van der Waals surface area contributed by atoms with Gasteiger partial charge < -0.3 is 4.57 Å². The van der Waals surface area contributed by atoms with E-state index >= 15 is 0 Å². The third kappa shape index (κ3) is 3.25. The molecule has 154 valence electrons. The molecule has 0 aliphatic rings. The fraction of sp³-hybridized carbons (Fsp3) is 0.174. The molecular weight excluding hydrogens is 403 g/mol. The van der Waals surface area contributed by atoms with Crippen LogP contribution in [0.25, 0.3) is 10.9 Å². The third-order valence-corrected chi connectivity index (χ3v) is 7.12. The fourth-order valence-corrected chi connectivity index (χ4v) is 5.01. The summed E-state index contributed by atoms with van der Waals surface area (Å²) in [6.45, 7) is 3.82. The van der Waals surface area contributed by atoms with Gasteiger partial charge in [0.25, 0.3) is 15.6 Å². The van der Waals surface area contributed by atoms with Crippen LogP contribution in [0.3, 0.4) is 0 Å². The maximum absolute atomic E-state index is 13.3. The molecule has 0 saturated carbocycles. The normalized spacial score (nSPS) is 12.9. The van der Waals surface area contributed by atoms with Gasteiger partial charge in [-0.1, -0.05) is 36.8 Å². The second-order valence-electron chi connectivity index (χ2n) is 7.47. The molecule has 2 aromatic heterocycles. The Labute approximate surface area is 174 Å². The molecule has 0 fully saturated rings. The van der Waals surface area contributed by atoms with Crippen molar-refractivity contribution in [3.63, 3.8) is 0 Å². The van der Waals surface area contributed by atoms with Gasteiger partial charge in [-0.15, -0.1) is 0 Å². The number of hydrogen-bond donors (Lipinski definition) is 0. The molecule has 0 radical (unpaired) electrons. The van der Waals surface area contributed by atoms with Crippen molar-refractivity contribution in [2.45, 2.75) is 24.7 Å². The summed E-state index contributed by atoms with van der Waals surface area (Å²) < 4.78 is 42.3. The quantitative estimate of drug-likeness (QED) is 0.494. The van der Waals surface area contributed by atoms with E-state index < -0.39 is 15.6 Å². The van der Waals surface area contributed by atoms with Gasteiger partial charge in [0.15, 0.2) is 0 Å². The molecule has 0 amide bonds. The number of nitrogens with zero attached hydrogens (tertiary/aromatic N) is 2. The number of rotatable bonds is 4. The van der Waals surface area contributed by atoms with E-state index in [-0.39, 0.29) is 22.1 Å². The van der Waals surface area contributed by atoms with Crippen LogP contribution >= 0.6 is 0 Å². The molecule has 0 bridgehead atoms. The van der Waals surface area contributed by atoms with Gasteiger partial charge >= 0.3 is 0 Å². The number of fused-ring (bicyclic) bond motifs is 1. The monoisotopic (exact) mass is 424 g/mol. The summed E-state index contributed by atoms with van der Waals surface area (Å²) in [6.07, 6.45) is 3.13. The summed E-state index contributed by atoms with van der Waals surface area (Å²) in [5, 5.41) is 0.561. The Kier molecular flexibility index (Phi) is 4.86. The van der Waals surface area contributed by atoms with Crippen LogP contribution in [0.5, 0.6) is 0 Å². The Morgan fingerprint density at radius 3 is 2.23 bits per heavy atom. The zero-order chi connectivity index (χ0) is 21.6. The molecule has 0 aliphatic carbocycles. The number of hydrogen-bond acceptors (Lipinski definition) is 3. The largest absolute Gasteiger partial charge is 0.316 e. The molecule has 0 spiro atoms. The van der Waals surface area contributed by atoms with E-state index in [1.165, 1.54) is 35.0 Å². The van der Waals surface area contributed by atoms with Crippen LogP contribution in [0.1, 0.15) is 29.5 Å². The summed E-state index contributed by atoms with van der Waals surface area (Å²) in [7, 11) is -2.34. The van der Waals surface area contributed by atoms with Crippen molar-refractivity contribution in [2.24, 2.45) is 7.05 Å². The second-order valence-corrected chi connectivity index (χ2v) is 9.28. The van der Waals surface area contributed by atoms with Gasteiger partial charge in [0.2, 0.25) is 0 Å². The molecule has 0 N–H and O–H groups in total. The molecule has 0 aliphatic heterocycles. The van der Waals surface area contributed by atoms with Gasteiger partial charge in [-0.05, 0) is 48.4 Å². The number of aromatic nitrogens is 2. The lowest BCUT2D eigenvalue weighted by atomic mass is 9.92. The zero-order valence-electron chi connectivity index (χ0n) is 16.8. The molecule has 0 saturated heterocycles. The van der Waals surface area contributed by atoms with Gasteiger partial charge in [-0.2, -0.15) is 0 Å². The molecule has 7 heteroatoms. The van der Waals surface area contributed by atoms with Gasteiger partial charge in [0, 0.05) is 30.7 Å². The number of pyridine rings is 1. The standard InChI is InChI=1S/C23H21FN2O3S/c1-15-4-10-19(11-5-15)30(28,29)26-13-12-20-21(14-25(3)23(27)22(20)26)16(2)17-6-8-18(24)9-7-17/h4-14,16H,1-3H3. The van der Waals surface area contributed by atoms with Crippen molar-refractivity contribution < 1.29 is 12.8 Å². The Hall–Kier alpha value is -3.19. The zero-order valence-corrected chi connectivity index (χ0v) is 17.7.